The minimum absolute atomic E-state index is 0.0187. The molecule has 21 heavy (non-hydrogen) atoms. The van der Waals surface area contributed by atoms with Crippen LogP contribution in [0.25, 0.3) is 6.08 Å². The predicted octanol–water partition coefficient (Wildman–Crippen LogP) is 3.37. The van der Waals surface area contributed by atoms with Crippen molar-refractivity contribution in [2.75, 3.05) is 12.4 Å². The second kappa shape index (κ2) is 6.60. The number of benzene rings is 1. The molecule has 1 aromatic carbocycles. The molecule has 1 aromatic rings. The Morgan fingerprint density at radius 3 is 2.62 bits per heavy atom. The zero-order valence-electron chi connectivity index (χ0n) is 11.5. The van der Waals surface area contributed by atoms with Crippen LogP contribution in [0.2, 0.25) is 0 Å². The van der Waals surface area contributed by atoms with Crippen molar-refractivity contribution in [2.24, 2.45) is 5.18 Å². The lowest BCUT2D eigenvalue weighted by Gasteiger charge is -2.09. The average Bonchev–Trinajstić information content (AvgIpc) is 2.53. The largest absolute Gasteiger partial charge is 0.388 e. The van der Waals surface area contributed by atoms with Gasteiger partial charge in [0.25, 0.3) is 5.70 Å². The van der Waals surface area contributed by atoms with Gasteiger partial charge in [-0.2, -0.15) is 4.91 Å². The Morgan fingerprint density at radius 1 is 1.33 bits per heavy atom. The molecule has 0 saturated carbocycles. The van der Waals surface area contributed by atoms with Crippen molar-refractivity contribution in [3.63, 3.8) is 0 Å². The first kappa shape index (κ1) is 14.6. The van der Waals surface area contributed by atoms with E-state index in [1.165, 1.54) is 0 Å². The second-order valence-electron chi connectivity index (χ2n) is 4.60. The smallest absolute Gasteiger partial charge is 0.255 e. The summed E-state index contributed by atoms with van der Waals surface area (Å²) in [5.74, 6) is 0. The van der Waals surface area contributed by atoms with Crippen LogP contribution >= 0.6 is 0 Å². The molecule has 1 unspecified atom stereocenters. The Balaban J connectivity index is 2.22. The molecule has 0 aromatic heterocycles. The number of nitrogens with zero attached hydrogens (tertiary/aromatic N) is 2. The van der Waals surface area contributed by atoms with Crippen LogP contribution in [-0.2, 0) is 0 Å². The number of allylic oxidation sites excluding steroid dienone is 3. The topological polar surface area (TPSA) is 84.6 Å². The fourth-order valence-corrected chi connectivity index (χ4v) is 2.05. The molecule has 0 saturated heterocycles. The molecule has 0 radical (unpaired) electrons. The number of rotatable bonds is 5. The standard InChI is InChI=1S/C15H15N3O3/c1-16-13-7-3-11(4-8-13)2-5-12-6-9-14(17-19)10-15(12)18(20)21/h2-9,14,16H,10H2,1H3. The summed E-state index contributed by atoms with van der Waals surface area (Å²) in [6.45, 7) is 0. The molecular weight excluding hydrogens is 270 g/mol. The van der Waals surface area contributed by atoms with Crippen molar-refractivity contribution in [2.45, 2.75) is 12.5 Å². The summed E-state index contributed by atoms with van der Waals surface area (Å²) in [7, 11) is 1.84. The highest BCUT2D eigenvalue weighted by molar-refractivity contribution is 5.58. The first-order valence-electron chi connectivity index (χ1n) is 6.48. The van der Waals surface area contributed by atoms with E-state index in [0.29, 0.717) is 5.57 Å². The highest BCUT2D eigenvalue weighted by Crippen LogP contribution is 2.23. The highest BCUT2D eigenvalue weighted by atomic mass is 16.6. The molecule has 1 aliphatic carbocycles. The number of hydrogen-bond donors (Lipinski definition) is 1. The molecular formula is C15H15N3O3. The van der Waals surface area contributed by atoms with Crippen molar-refractivity contribution in [1.29, 1.82) is 0 Å². The third-order valence-electron chi connectivity index (χ3n) is 3.24. The minimum atomic E-state index is -0.655. The Kier molecular flexibility index (Phi) is 4.61. The van der Waals surface area contributed by atoms with Crippen molar-refractivity contribution >= 4 is 11.8 Å². The van der Waals surface area contributed by atoms with Gasteiger partial charge in [0.15, 0.2) is 0 Å². The summed E-state index contributed by atoms with van der Waals surface area (Å²) in [5.41, 5.74) is 2.45. The van der Waals surface area contributed by atoms with Gasteiger partial charge in [-0.05, 0) is 23.8 Å². The zero-order valence-corrected chi connectivity index (χ0v) is 11.5. The number of hydrogen-bond acceptors (Lipinski definition) is 5. The summed E-state index contributed by atoms with van der Waals surface area (Å²) in [6.07, 6.45) is 6.68. The van der Waals surface area contributed by atoms with Gasteiger partial charge in [0, 0.05) is 18.3 Å². The van der Waals surface area contributed by atoms with Gasteiger partial charge >= 0.3 is 0 Å². The molecule has 0 aliphatic heterocycles. The van der Waals surface area contributed by atoms with Crippen molar-refractivity contribution in [3.8, 4) is 0 Å². The van der Waals surface area contributed by atoms with Crippen LogP contribution in [0.4, 0.5) is 5.69 Å². The normalized spacial score (nSPS) is 18.0. The summed E-state index contributed by atoms with van der Waals surface area (Å²) in [4.78, 5) is 21.1. The molecule has 6 nitrogen and oxygen atoms in total. The molecule has 0 bridgehead atoms. The van der Waals surface area contributed by atoms with Crippen molar-refractivity contribution in [3.05, 3.63) is 74.3 Å². The van der Waals surface area contributed by atoms with Crippen LogP contribution in [0.5, 0.6) is 0 Å². The molecule has 0 fully saturated rings. The molecule has 0 spiro atoms. The first-order valence-corrected chi connectivity index (χ1v) is 6.48. The van der Waals surface area contributed by atoms with E-state index in [9.17, 15) is 15.0 Å². The van der Waals surface area contributed by atoms with Gasteiger partial charge in [0.05, 0.1) is 11.3 Å². The van der Waals surface area contributed by atoms with Crippen molar-refractivity contribution < 1.29 is 4.92 Å². The van der Waals surface area contributed by atoms with Gasteiger partial charge in [0.2, 0.25) is 0 Å². The maximum atomic E-state index is 11.0. The Morgan fingerprint density at radius 2 is 2.05 bits per heavy atom. The third-order valence-corrected chi connectivity index (χ3v) is 3.24. The number of nitro groups is 1. The lowest BCUT2D eigenvalue weighted by molar-refractivity contribution is -0.429. The molecule has 1 aliphatic rings. The molecule has 1 atom stereocenters. The van der Waals surface area contributed by atoms with E-state index in [1.54, 1.807) is 24.3 Å². The van der Waals surface area contributed by atoms with E-state index in [2.05, 4.69) is 10.5 Å². The van der Waals surface area contributed by atoms with Crippen molar-refractivity contribution in [1.82, 2.24) is 0 Å². The van der Waals surface area contributed by atoms with E-state index in [-0.39, 0.29) is 12.1 Å². The van der Waals surface area contributed by atoms with E-state index >= 15 is 0 Å². The van der Waals surface area contributed by atoms with Crippen LogP contribution in [0, 0.1) is 15.0 Å². The monoisotopic (exact) mass is 285 g/mol. The van der Waals surface area contributed by atoms with E-state index in [0.717, 1.165) is 11.3 Å². The van der Waals surface area contributed by atoms with Gasteiger partial charge in [-0.25, -0.2) is 0 Å². The number of anilines is 1. The van der Waals surface area contributed by atoms with Crippen LogP contribution in [0.3, 0.4) is 0 Å². The van der Waals surface area contributed by atoms with Gasteiger partial charge in [-0.15, -0.1) is 0 Å². The van der Waals surface area contributed by atoms with E-state index < -0.39 is 11.0 Å². The van der Waals surface area contributed by atoms with E-state index in [4.69, 9.17) is 0 Å². The first-order chi connectivity index (χ1) is 10.1. The third kappa shape index (κ3) is 3.62. The Hall–Kier alpha value is -2.76. The lowest BCUT2D eigenvalue weighted by Crippen LogP contribution is -2.13. The van der Waals surface area contributed by atoms with Gasteiger partial charge in [-0.3, -0.25) is 10.1 Å². The fourth-order valence-electron chi connectivity index (χ4n) is 2.05. The number of nitroso groups, excluding NO2 is 1. The minimum Gasteiger partial charge on any atom is -0.388 e. The van der Waals surface area contributed by atoms with E-state index in [1.807, 2.05) is 31.3 Å². The second-order valence-corrected chi connectivity index (χ2v) is 4.60. The lowest BCUT2D eigenvalue weighted by atomic mass is 9.99. The Labute approximate surface area is 122 Å². The summed E-state index contributed by atoms with van der Waals surface area (Å²) in [5, 5.41) is 16.9. The molecule has 6 heteroatoms. The highest BCUT2D eigenvalue weighted by Gasteiger charge is 2.24. The average molecular weight is 285 g/mol. The maximum Gasteiger partial charge on any atom is 0.255 e. The molecule has 108 valence electrons. The molecule has 2 rings (SSSR count). The Bertz CT molecular complexity index is 630. The van der Waals surface area contributed by atoms with Crippen LogP contribution < -0.4 is 5.32 Å². The SMILES string of the molecule is CNc1ccc(C=CC2=C([N+](=O)[O-])CC(N=O)C=C2)cc1. The molecule has 1 N–H and O–H groups in total. The maximum absolute atomic E-state index is 11.0. The summed E-state index contributed by atoms with van der Waals surface area (Å²) < 4.78 is 0. The van der Waals surface area contributed by atoms with Crippen LogP contribution in [0.15, 0.2) is 58.9 Å². The number of nitrogens with one attached hydrogen (secondary N) is 1. The van der Waals surface area contributed by atoms with Crippen LogP contribution in [-0.4, -0.2) is 18.0 Å². The molecule has 0 heterocycles. The summed E-state index contributed by atoms with van der Waals surface area (Å²) in [6, 6.07) is 7.02. The van der Waals surface area contributed by atoms with Gasteiger partial charge in [0.1, 0.15) is 6.04 Å². The summed E-state index contributed by atoms with van der Waals surface area (Å²) >= 11 is 0. The molecule has 0 amide bonds. The van der Waals surface area contributed by atoms with Crippen LogP contribution in [0.1, 0.15) is 12.0 Å². The predicted molar refractivity (Wildman–Crippen MR) is 82.4 cm³/mol. The van der Waals surface area contributed by atoms with Gasteiger partial charge in [-0.1, -0.05) is 35.5 Å². The van der Waals surface area contributed by atoms with Gasteiger partial charge < -0.3 is 5.32 Å². The zero-order chi connectivity index (χ0) is 15.2. The fraction of sp³-hybridized carbons (Fsp3) is 0.200. The quantitative estimate of drug-likeness (QED) is 0.510.